The monoisotopic (exact) mass is 241 g/mol. The van der Waals surface area contributed by atoms with Crippen molar-refractivity contribution in [2.24, 2.45) is 5.84 Å². The summed E-state index contributed by atoms with van der Waals surface area (Å²) in [7, 11) is 0. The third-order valence-electron chi connectivity index (χ3n) is 2.19. The Morgan fingerprint density at radius 2 is 2.19 bits per heavy atom. The lowest BCUT2D eigenvalue weighted by molar-refractivity contribution is 0.537. The van der Waals surface area contributed by atoms with Crippen molar-refractivity contribution >= 4 is 11.3 Å². The number of nitrogens with one attached hydrogen (secondary N) is 1. The smallest absolute Gasteiger partial charge is 0.131 e. The van der Waals surface area contributed by atoms with E-state index >= 15 is 0 Å². The second kappa shape index (κ2) is 4.65. The lowest BCUT2D eigenvalue weighted by Gasteiger charge is -2.14. The molecular formula is C10H9F2N3S. The lowest BCUT2D eigenvalue weighted by atomic mass is 10.0. The standard InChI is InChI=1S/C10H9F2N3S/c11-6-1-2-7(8(12)3-6)10(15-13)9-4-16-5-14-9/h1-5,10,15H,13H2. The topological polar surface area (TPSA) is 50.9 Å². The van der Waals surface area contributed by atoms with Crippen molar-refractivity contribution < 1.29 is 8.78 Å². The summed E-state index contributed by atoms with van der Waals surface area (Å²) in [6.45, 7) is 0. The summed E-state index contributed by atoms with van der Waals surface area (Å²) < 4.78 is 26.3. The van der Waals surface area contributed by atoms with Crippen LogP contribution in [0.25, 0.3) is 0 Å². The summed E-state index contributed by atoms with van der Waals surface area (Å²) in [4.78, 5) is 4.04. The highest BCUT2D eigenvalue weighted by Gasteiger charge is 2.18. The largest absolute Gasteiger partial charge is 0.271 e. The molecule has 6 heteroatoms. The molecule has 1 unspecified atom stereocenters. The molecule has 0 spiro atoms. The van der Waals surface area contributed by atoms with E-state index in [9.17, 15) is 8.78 Å². The first-order valence-electron chi connectivity index (χ1n) is 4.51. The van der Waals surface area contributed by atoms with Crippen LogP contribution in [0.2, 0.25) is 0 Å². The number of benzene rings is 1. The van der Waals surface area contributed by atoms with Gasteiger partial charge in [0.1, 0.15) is 11.6 Å². The predicted octanol–water partition coefficient (Wildman–Crippen LogP) is 1.97. The average Bonchev–Trinajstić information content (AvgIpc) is 2.75. The number of nitrogens with two attached hydrogens (primary N) is 1. The van der Waals surface area contributed by atoms with Gasteiger partial charge in [-0.15, -0.1) is 11.3 Å². The predicted molar refractivity (Wildman–Crippen MR) is 57.6 cm³/mol. The minimum atomic E-state index is -0.643. The highest BCUT2D eigenvalue weighted by molar-refractivity contribution is 7.07. The van der Waals surface area contributed by atoms with Crippen molar-refractivity contribution in [2.75, 3.05) is 0 Å². The Kier molecular flexibility index (Phi) is 3.23. The molecule has 2 rings (SSSR count). The second-order valence-corrected chi connectivity index (χ2v) is 3.90. The molecule has 0 aliphatic rings. The molecule has 0 saturated carbocycles. The number of nitrogens with zero attached hydrogens (tertiary/aromatic N) is 1. The van der Waals surface area contributed by atoms with E-state index in [0.29, 0.717) is 5.69 Å². The van der Waals surface area contributed by atoms with Crippen LogP contribution in [-0.2, 0) is 0 Å². The molecule has 2 aromatic rings. The van der Waals surface area contributed by atoms with Crippen LogP contribution in [0.1, 0.15) is 17.3 Å². The zero-order chi connectivity index (χ0) is 11.5. The lowest BCUT2D eigenvalue weighted by Crippen LogP contribution is -2.29. The fraction of sp³-hybridized carbons (Fsp3) is 0.100. The summed E-state index contributed by atoms with van der Waals surface area (Å²) in [6.07, 6.45) is 0. The van der Waals surface area contributed by atoms with Crippen LogP contribution in [0, 0.1) is 11.6 Å². The van der Waals surface area contributed by atoms with Crippen LogP contribution >= 0.6 is 11.3 Å². The molecule has 0 amide bonds. The molecule has 0 saturated heterocycles. The molecule has 0 aliphatic carbocycles. The molecule has 84 valence electrons. The Morgan fingerprint density at radius 3 is 2.75 bits per heavy atom. The van der Waals surface area contributed by atoms with E-state index in [1.54, 1.807) is 10.9 Å². The van der Waals surface area contributed by atoms with E-state index in [-0.39, 0.29) is 5.56 Å². The van der Waals surface area contributed by atoms with Crippen molar-refractivity contribution in [3.8, 4) is 0 Å². The maximum atomic E-state index is 13.5. The van der Waals surface area contributed by atoms with Gasteiger partial charge in [0.2, 0.25) is 0 Å². The van der Waals surface area contributed by atoms with Gasteiger partial charge in [0.15, 0.2) is 0 Å². The van der Waals surface area contributed by atoms with Gasteiger partial charge in [-0.3, -0.25) is 5.84 Å². The van der Waals surface area contributed by atoms with Gasteiger partial charge in [-0.05, 0) is 6.07 Å². The molecule has 0 bridgehead atoms. The number of aromatic nitrogens is 1. The van der Waals surface area contributed by atoms with E-state index in [1.807, 2.05) is 0 Å². The number of hydrogen-bond acceptors (Lipinski definition) is 4. The van der Waals surface area contributed by atoms with Gasteiger partial charge in [-0.2, -0.15) is 0 Å². The molecule has 0 radical (unpaired) electrons. The first kappa shape index (κ1) is 11.1. The molecule has 16 heavy (non-hydrogen) atoms. The molecule has 1 heterocycles. The number of hydrogen-bond donors (Lipinski definition) is 2. The Balaban J connectivity index is 2.41. The van der Waals surface area contributed by atoms with Crippen LogP contribution in [-0.4, -0.2) is 4.98 Å². The van der Waals surface area contributed by atoms with E-state index in [1.165, 1.54) is 23.5 Å². The molecule has 0 fully saturated rings. The van der Waals surface area contributed by atoms with Gasteiger partial charge in [0, 0.05) is 17.0 Å². The van der Waals surface area contributed by atoms with Crippen molar-refractivity contribution in [3.05, 3.63) is 52.0 Å². The van der Waals surface area contributed by atoms with Crippen LogP contribution in [0.3, 0.4) is 0 Å². The van der Waals surface area contributed by atoms with Crippen molar-refractivity contribution in [1.29, 1.82) is 0 Å². The Bertz CT molecular complexity index is 473. The summed E-state index contributed by atoms with van der Waals surface area (Å²) in [5.41, 5.74) is 4.97. The zero-order valence-electron chi connectivity index (χ0n) is 8.15. The third kappa shape index (κ3) is 2.08. The molecule has 3 nitrogen and oxygen atoms in total. The maximum absolute atomic E-state index is 13.5. The van der Waals surface area contributed by atoms with E-state index in [0.717, 1.165) is 6.07 Å². The van der Waals surface area contributed by atoms with Gasteiger partial charge >= 0.3 is 0 Å². The number of hydrazine groups is 1. The van der Waals surface area contributed by atoms with E-state index in [4.69, 9.17) is 5.84 Å². The van der Waals surface area contributed by atoms with Gasteiger partial charge < -0.3 is 0 Å². The first-order chi connectivity index (χ1) is 7.72. The molecule has 1 atom stereocenters. The Labute approximate surface area is 94.9 Å². The van der Waals surface area contributed by atoms with Gasteiger partial charge in [-0.25, -0.2) is 19.2 Å². The van der Waals surface area contributed by atoms with Crippen molar-refractivity contribution in [3.63, 3.8) is 0 Å². The van der Waals surface area contributed by atoms with Crippen molar-refractivity contribution in [2.45, 2.75) is 6.04 Å². The van der Waals surface area contributed by atoms with E-state index < -0.39 is 17.7 Å². The second-order valence-electron chi connectivity index (χ2n) is 3.18. The maximum Gasteiger partial charge on any atom is 0.131 e. The summed E-state index contributed by atoms with van der Waals surface area (Å²) >= 11 is 1.38. The summed E-state index contributed by atoms with van der Waals surface area (Å²) in [6, 6.07) is 2.81. The summed E-state index contributed by atoms with van der Waals surface area (Å²) in [5, 5.41) is 1.76. The SMILES string of the molecule is NNC(c1cscn1)c1ccc(F)cc1F. The minimum Gasteiger partial charge on any atom is -0.271 e. The zero-order valence-corrected chi connectivity index (χ0v) is 8.97. The average molecular weight is 241 g/mol. The molecule has 0 aliphatic heterocycles. The Morgan fingerprint density at radius 1 is 1.38 bits per heavy atom. The van der Waals surface area contributed by atoms with E-state index in [2.05, 4.69) is 10.4 Å². The van der Waals surface area contributed by atoms with Gasteiger partial charge in [0.05, 0.1) is 17.2 Å². The van der Waals surface area contributed by atoms with Crippen LogP contribution in [0.4, 0.5) is 8.78 Å². The van der Waals surface area contributed by atoms with Gasteiger partial charge in [0.25, 0.3) is 0 Å². The van der Waals surface area contributed by atoms with Crippen LogP contribution in [0.5, 0.6) is 0 Å². The summed E-state index contributed by atoms with van der Waals surface area (Å²) in [5.74, 6) is 4.10. The van der Waals surface area contributed by atoms with Crippen molar-refractivity contribution in [1.82, 2.24) is 10.4 Å². The van der Waals surface area contributed by atoms with Crippen LogP contribution < -0.4 is 11.3 Å². The number of thiazole rings is 1. The fourth-order valence-electron chi connectivity index (χ4n) is 1.43. The quantitative estimate of drug-likeness (QED) is 0.638. The molecule has 3 N–H and O–H groups in total. The Hall–Kier alpha value is -1.37. The molecule has 1 aromatic carbocycles. The highest BCUT2D eigenvalue weighted by atomic mass is 32.1. The first-order valence-corrected chi connectivity index (χ1v) is 5.46. The van der Waals surface area contributed by atoms with Crippen LogP contribution in [0.15, 0.2) is 29.1 Å². The normalized spacial score (nSPS) is 12.7. The number of rotatable bonds is 3. The molecule has 1 aromatic heterocycles. The molecular weight excluding hydrogens is 232 g/mol. The highest BCUT2D eigenvalue weighted by Crippen LogP contribution is 2.23. The minimum absolute atomic E-state index is 0.273. The third-order valence-corrected chi connectivity index (χ3v) is 2.79. The fourth-order valence-corrected chi connectivity index (χ4v) is 2.01. The number of halogens is 2. The van der Waals surface area contributed by atoms with Gasteiger partial charge in [-0.1, -0.05) is 6.07 Å².